The van der Waals surface area contributed by atoms with Gasteiger partial charge in [-0.05, 0) is 37.6 Å². The minimum absolute atomic E-state index is 0.111. The van der Waals surface area contributed by atoms with Crippen LogP contribution in [0.25, 0.3) is 0 Å². The van der Waals surface area contributed by atoms with E-state index in [1.807, 2.05) is 6.92 Å². The van der Waals surface area contributed by atoms with Crippen molar-refractivity contribution in [1.29, 1.82) is 0 Å². The van der Waals surface area contributed by atoms with Crippen molar-refractivity contribution in [3.63, 3.8) is 0 Å². The molecule has 0 aromatic heterocycles. The summed E-state index contributed by atoms with van der Waals surface area (Å²) in [4.78, 5) is 24.5. The van der Waals surface area contributed by atoms with Gasteiger partial charge in [-0.2, -0.15) is 0 Å². The number of nitrogens with one attached hydrogen (secondary N) is 1. The Labute approximate surface area is 123 Å². The molecule has 1 aromatic carbocycles. The van der Waals surface area contributed by atoms with Gasteiger partial charge in [0.1, 0.15) is 5.82 Å². The molecule has 0 radical (unpaired) electrons. The minimum Gasteiger partial charge on any atom is -0.481 e. The summed E-state index contributed by atoms with van der Waals surface area (Å²) in [5.41, 5.74) is 0.571. The number of carbonyl (C=O) groups excluding carboxylic acids is 1. The largest absolute Gasteiger partial charge is 0.481 e. The number of hydrogen-bond donors (Lipinski definition) is 2. The normalized spacial score (nSPS) is 11.8. The van der Waals surface area contributed by atoms with Gasteiger partial charge in [0, 0.05) is 18.3 Å². The molecule has 1 rings (SSSR count). The van der Waals surface area contributed by atoms with Crippen molar-refractivity contribution in [1.82, 2.24) is 5.32 Å². The number of urea groups is 1. The highest BCUT2D eigenvalue weighted by Gasteiger charge is 2.19. The van der Waals surface area contributed by atoms with Crippen LogP contribution in [0.5, 0.6) is 0 Å². The van der Waals surface area contributed by atoms with Gasteiger partial charge >= 0.3 is 12.0 Å². The third kappa shape index (κ3) is 5.41. The molecule has 21 heavy (non-hydrogen) atoms. The third-order valence-corrected chi connectivity index (χ3v) is 3.09. The van der Waals surface area contributed by atoms with Crippen LogP contribution in [0, 0.1) is 5.82 Å². The first-order valence-corrected chi connectivity index (χ1v) is 7.03. The molecule has 1 unspecified atom stereocenters. The van der Waals surface area contributed by atoms with E-state index in [4.69, 9.17) is 5.11 Å². The van der Waals surface area contributed by atoms with Crippen LogP contribution in [0.1, 0.15) is 33.1 Å². The number of anilines is 1. The maximum atomic E-state index is 12.9. The maximum absolute atomic E-state index is 12.9. The summed E-state index contributed by atoms with van der Waals surface area (Å²) in [7, 11) is 0. The molecule has 5 nitrogen and oxygen atoms in total. The lowest BCUT2D eigenvalue weighted by atomic mass is 10.1. The first-order chi connectivity index (χ1) is 9.97. The maximum Gasteiger partial charge on any atom is 0.322 e. The Balaban J connectivity index is 2.77. The molecule has 0 aliphatic rings. The molecule has 2 amide bonds. The molecule has 0 aliphatic heterocycles. The van der Waals surface area contributed by atoms with Crippen LogP contribution in [-0.4, -0.2) is 29.7 Å². The number of benzene rings is 1. The van der Waals surface area contributed by atoms with Crippen molar-refractivity contribution in [2.24, 2.45) is 0 Å². The summed E-state index contributed by atoms with van der Waals surface area (Å²) in [5.74, 6) is -1.32. The van der Waals surface area contributed by atoms with Gasteiger partial charge in [0.2, 0.25) is 0 Å². The van der Waals surface area contributed by atoms with Crippen molar-refractivity contribution < 1.29 is 19.1 Å². The first-order valence-electron chi connectivity index (χ1n) is 7.03. The molecule has 6 heteroatoms. The van der Waals surface area contributed by atoms with Crippen molar-refractivity contribution in [2.45, 2.75) is 39.2 Å². The summed E-state index contributed by atoms with van der Waals surface area (Å²) < 4.78 is 12.9. The number of carboxylic acid groups (broad SMARTS) is 1. The Kier molecular flexibility index (Phi) is 6.65. The lowest BCUT2D eigenvalue weighted by Crippen LogP contribution is -2.45. The standard InChI is InChI=1S/C15H21FN2O3/c1-3-5-12(10-14(19)20)17-15(21)18(4-2)13-8-6-11(16)7-9-13/h6-9,12H,3-5,10H2,1-2H3,(H,17,21)(H,19,20). The summed E-state index contributed by atoms with van der Waals surface area (Å²) in [6.45, 7) is 4.14. The van der Waals surface area contributed by atoms with E-state index in [2.05, 4.69) is 5.32 Å². The van der Waals surface area contributed by atoms with E-state index in [0.717, 1.165) is 6.42 Å². The van der Waals surface area contributed by atoms with Crippen LogP contribution < -0.4 is 10.2 Å². The van der Waals surface area contributed by atoms with Gasteiger partial charge in [-0.1, -0.05) is 13.3 Å². The second-order valence-corrected chi connectivity index (χ2v) is 4.75. The predicted octanol–water partition coefficient (Wildman–Crippen LogP) is 3.01. The zero-order chi connectivity index (χ0) is 15.8. The molecule has 0 fully saturated rings. The molecule has 0 spiro atoms. The van der Waals surface area contributed by atoms with E-state index in [1.165, 1.54) is 29.2 Å². The number of hydrogen-bond acceptors (Lipinski definition) is 2. The number of carboxylic acids is 1. The smallest absolute Gasteiger partial charge is 0.322 e. The summed E-state index contributed by atoms with van der Waals surface area (Å²) in [6.07, 6.45) is 1.26. The molecule has 0 bridgehead atoms. The molecule has 1 aromatic rings. The molecular weight excluding hydrogens is 275 g/mol. The fraction of sp³-hybridized carbons (Fsp3) is 0.467. The molecule has 2 N–H and O–H groups in total. The first kappa shape index (κ1) is 16.9. The Bertz CT molecular complexity index is 476. The highest BCUT2D eigenvalue weighted by molar-refractivity contribution is 5.92. The number of carbonyl (C=O) groups is 2. The van der Waals surface area contributed by atoms with Crippen molar-refractivity contribution >= 4 is 17.7 Å². The highest BCUT2D eigenvalue weighted by Crippen LogP contribution is 2.15. The third-order valence-electron chi connectivity index (χ3n) is 3.09. The topological polar surface area (TPSA) is 69.6 Å². The summed E-state index contributed by atoms with van der Waals surface area (Å²) in [6, 6.07) is 4.82. The fourth-order valence-corrected chi connectivity index (χ4v) is 2.10. The lowest BCUT2D eigenvalue weighted by Gasteiger charge is -2.25. The predicted molar refractivity (Wildman–Crippen MR) is 78.9 cm³/mol. The number of aliphatic carboxylic acids is 1. The Morgan fingerprint density at radius 2 is 1.90 bits per heavy atom. The van der Waals surface area contributed by atoms with Gasteiger partial charge in [-0.15, -0.1) is 0 Å². The average Bonchev–Trinajstić information content (AvgIpc) is 2.41. The van der Waals surface area contributed by atoms with Crippen LogP contribution in [0.2, 0.25) is 0 Å². The van der Waals surface area contributed by atoms with E-state index in [-0.39, 0.29) is 18.3 Å². The quantitative estimate of drug-likeness (QED) is 0.812. The zero-order valence-electron chi connectivity index (χ0n) is 12.3. The second kappa shape index (κ2) is 8.24. The Morgan fingerprint density at radius 1 is 1.29 bits per heavy atom. The van der Waals surface area contributed by atoms with Gasteiger partial charge in [-0.3, -0.25) is 9.69 Å². The lowest BCUT2D eigenvalue weighted by molar-refractivity contribution is -0.137. The monoisotopic (exact) mass is 296 g/mol. The molecule has 0 heterocycles. The van der Waals surface area contributed by atoms with Crippen LogP contribution >= 0.6 is 0 Å². The van der Waals surface area contributed by atoms with E-state index in [1.54, 1.807) is 6.92 Å². The van der Waals surface area contributed by atoms with E-state index >= 15 is 0 Å². The Morgan fingerprint density at radius 3 is 2.38 bits per heavy atom. The van der Waals surface area contributed by atoms with Gasteiger partial charge in [0.15, 0.2) is 0 Å². The molecule has 1 atom stereocenters. The van der Waals surface area contributed by atoms with Crippen molar-refractivity contribution in [3.8, 4) is 0 Å². The minimum atomic E-state index is -0.946. The molecule has 116 valence electrons. The van der Waals surface area contributed by atoms with E-state index < -0.39 is 12.0 Å². The van der Waals surface area contributed by atoms with Crippen LogP contribution in [-0.2, 0) is 4.79 Å². The van der Waals surface area contributed by atoms with Crippen LogP contribution in [0.15, 0.2) is 24.3 Å². The zero-order valence-corrected chi connectivity index (χ0v) is 12.3. The molecule has 0 aliphatic carbocycles. The van der Waals surface area contributed by atoms with Crippen LogP contribution in [0.4, 0.5) is 14.9 Å². The number of halogens is 1. The Hall–Kier alpha value is -2.11. The summed E-state index contributed by atoms with van der Waals surface area (Å²) >= 11 is 0. The molecule has 0 saturated carbocycles. The van der Waals surface area contributed by atoms with Gasteiger partial charge in [0.05, 0.1) is 6.42 Å². The van der Waals surface area contributed by atoms with Crippen molar-refractivity contribution in [2.75, 3.05) is 11.4 Å². The second-order valence-electron chi connectivity index (χ2n) is 4.75. The van der Waals surface area contributed by atoms with Crippen LogP contribution in [0.3, 0.4) is 0 Å². The van der Waals surface area contributed by atoms with Gasteiger partial charge in [0.25, 0.3) is 0 Å². The van der Waals surface area contributed by atoms with E-state index in [0.29, 0.717) is 18.7 Å². The number of amides is 2. The van der Waals surface area contributed by atoms with Gasteiger partial charge < -0.3 is 10.4 Å². The van der Waals surface area contributed by atoms with E-state index in [9.17, 15) is 14.0 Å². The SMILES string of the molecule is CCCC(CC(=O)O)NC(=O)N(CC)c1ccc(F)cc1. The highest BCUT2D eigenvalue weighted by atomic mass is 19.1. The fourth-order valence-electron chi connectivity index (χ4n) is 2.10. The molecular formula is C15H21FN2O3. The molecule has 0 saturated heterocycles. The number of nitrogens with zero attached hydrogens (tertiary/aromatic N) is 1. The summed E-state index contributed by atoms with van der Waals surface area (Å²) in [5, 5.41) is 11.6. The van der Waals surface area contributed by atoms with Gasteiger partial charge in [-0.25, -0.2) is 9.18 Å². The number of rotatable bonds is 7. The average molecular weight is 296 g/mol. The van der Waals surface area contributed by atoms with Crippen molar-refractivity contribution in [3.05, 3.63) is 30.1 Å².